The van der Waals surface area contributed by atoms with Gasteiger partial charge in [0.05, 0.1) is 5.41 Å². The molecule has 0 aliphatic carbocycles. The minimum absolute atomic E-state index is 0.119. The summed E-state index contributed by atoms with van der Waals surface area (Å²) in [5, 5.41) is 0. The molecule has 4 heteroatoms. The molecule has 1 aromatic rings. The summed E-state index contributed by atoms with van der Waals surface area (Å²) in [6.45, 7) is 8.61. The van der Waals surface area contributed by atoms with Gasteiger partial charge >= 0.3 is 0 Å². The van der Waals surface area contributed by atoms with Crippen molar-refractivity contribution in [3.8, 4) is 5.75 Å². The second kappa shape index (κ2) is 6.52. The van der Waals surface area contributed by atoms with Crippen LogP contribution in [0.1, 0.15) is 30.4 Å². The molecule has 0 saturated carbocycles. The van der Waals surface area contributed by atoms with Gasteiger partial charge < -0.3 is 9.64 Å². The van der Waals surface area contributed by atoms with Crippen molar-refractivity contribution in [1.29, 1.82) is 0 Å². The van der Waals surface area contributed by atoms with E-state index < -0.39 is 0 Å². The number of hydrogen-bond donors (Lipinski definition) is 0. The Morgan fingerprint density at radius 2 is 2.04 bits per heavy atom. The van der Waals surface area contributed by atoms with Gasteiger partial charge in [-0.25, -0.2) is 0 Å². The molecule has 1 atom stereocenters. The van der Waals surface area contributed by atoms with Crippen molar-refractivity contribution in [3.63, 3.8) is 0 Å². The van der Waals surface area contributed by atoms with Crippen molar-refractivity contribution in [2.45, 2.75) is 33.1 Å². The summed E-state index contributed by atoms with van der Waals surface area (Å²) in [7, 11) is 1.94. The predicted molar refractivity (Wildman–Crippen MR) is 91.8 cm³/mol. The zero-order valence-electron chi connectivity index (χ0n) is 14.6. The molecule has 2 saturated heterocycles. The second-order valence-corrected chi connectivity index (χ2v) is 7.18. The van der Waals surface area contributed by atoms with Crippen LogP contribution < -0.4 is 4.74 Å². The lowest BCUT2D eigenvalue weighted by atomic mass is 9.78. The highest BCUT2D eigenvalue weighted by atomic mass is 16.5. The SMILES string of the molecule is Cc1cccc(OCCN2CC[C@]3(CCCN(C)C3=O)C2)c1C. The number of likely N-dealkylation sites (tertiary alicyclic amines) is 2. The highest BCUT2D eigenvalue weighted by molar-refractivity contribution is 5.83. The van der Waals surface area contributed by atoms with Gasteiger partial charge in [-0.2, -0.15) is 0 Å². The van der Waals surface area contributed by atoms with Crippen LogP contribution in [0.2, 0.25) is 0 Å². The zero-order chi connectivity index (χ0) is 16.4. The molecular weight excluding hydrogens is 288 g/mol. The number of benzene rings is 1. The van der Waals surface area contributed by atoms with Gasteiger partial charge in [0.1, 0.15) is 12.4 Å². The second-order valence-electron chi connectivity index (χ2n) is 7.18. The Morgan fingerprint density at radius 3 is 2.87 bits per heavy atom. The normalized spacial score (nSPS) is 25.3. The van der Waals surface area contributed by atoms with Crippen molar-refractivity contribution in [1.82, 2.24) is 9.80 Å². The molecule has 0 aromatic heterocycles. The summed E-state index contributed by atoms with van der Waals surface area (Å²) in [6, 6.07) is 6.18. The third kappa shape index (κ3) is 3.23. The molecule has 1 spiro atoms. The summed E-state index contributed by atoms with van der Waals surface area (Å²) in [5.41, 5.74) is 2.36. The van der Waals surface area contributed by atoms with E-state index in [4.69, 9.17) is 4.74 Å². The minimum atomic E-state index is -0.119. The van der Waals surface area contributed by atoms with E-state index in [2.05, 4.69) is 24.8 Å². The van der Waals surface area contributed by atoms with Crippen molar-refractivity contribution < 1.29 is 9.53 Å². The van der Waals surface area contributed by atoms with E-state index in [9.17, 15) is 4.79 Å². The summed E-state index contributed by atoms with van der Waals surface area (Å²) in [5.74, 6) is 1.33. The molecule has 0 radical (unpaired) electrons. The van der Waals surface area contributed by atoms with Crippen LogP contribution in [0.3, 0.4) is 0 Å². The molecule has 2 heterocycles. The van der Waals surface area contributed by atoms with Gasteiger partial charge in [0.25, 0.3) is 0 Å². The summed E-state index contributed by atoms with van der Waals surface area (Å²) >= 11 is 0. The van der Waals surface area contributed by atoms with Crippen LogP contribution >= 0.6 is 0 Å². The first-order valence-corrected chi connectivity index (χ1v) is 8.69. The molecule has 4 nitrogen and oxygen atoms in total. The van der Waals surface area contributed by atoms with E-state index in [1.54, 1.807) is 0 Å². The van der Waals surface area contributed by atoms with E-state index >= 15 is 0 Å². The number of rotatable bonds is 4. The third-order valence-corrected chi connectivity index (χ3v) is 5.60. The number of amides is 1. The number of ether oxygens (including phenoxy) is 1. The fraction of sp³-hybridized carbons (Fsp3) is 0.632. The molecule has 23 heavy (non-hydrogen) atoms. The Hall–Kier alpha value is -1.55. The first-order chi connectivity index (χ1) is 11.0. The average Bonchev–Trinajstić information content (AvgIpc) is 2.93. The molecule has 1 aromatic carbocycles. The van der Waals surface area contributed by atoms with Crippen LogP contribution in [0.25, 0.3) is 0 Å². The van der Waals surface area contributed by atoms with E-state index in [0.29, 0.717) is 12.5 Å². The van der Waals surface area contributed by atoms with Gasteiger partial charge in [-0.1, -0.05) is 12.1 Å². The average molecular weight is 316 g/mol. The lowest BCUT2D eigenvalue weighted by molar-refractivity contribution is -0.143. The molecule has 2 aliphatic rings. The van der Waals surface area contributed by atoms with Gasteiger partial charge in [-0.15, -0.1) is 0 Å². The minimum Gasteiger partial charge on any atom is -0.492 e. The first kappa shape index (κ1) is 16.3. The largest absolute Gasteiger partial charge is 0.492 e. The molecule has 2 aliphatic heterocycles. The molecule has 3 rings (SSSR count). The van der Waals surface area contributed by atoms with Crippen LogP contribution in [0.4, 0.5) is 0 Å². The fourth-order valence-electron chi connectivity index (χ4n) is 3.96. The third-order valence-electron chi connectivity index (χ3n) is 5.60. The summed E-state index contributed by atoms with van der Waals surface area (Å²) in [6.07, 6.45) is 3.18. The predicted octanol–water partition coefficient (Wildman–Crippen LogP) is 2.63. The van der Waals surface area contributed by atoms with Crippen LogP contribution in [0.15, 0.2) is 18.2 Å². The van der Waals surface area contributed by atoms with Gasteiger partial charge in [0.2, 0.25) is 5.91 Å². The zero-order valence-corrected chi connectivity index (χ0v) is 14.6. The number of carbonyl (C=O) groups excluding carboxylic acids is 1. The Kier molecular flexibility index (Phi) is 4.62. The number of nitrogens with zero attached hydrogens (tertiary/aromatic N) is 2. The monoisotopic (exact) mass is 316 g/mol. The van der Waals surface area contributed by atoms with Crippen molar-refractivity contribution in [2.75, 3.05) is 39.8 Å². The Labute approximate surface area is 139 Å². The topological polar surface area (TPSA) is 32.8 Å². The Morgan fingerprint density at radius 1 is 1.22 bits per heavy atom. The fourth-order valence-corrected chi connectivity index (χ4v) is 3.96. The van der Waals surface area contributed by atoms with Gasteiger partial charge in [0.15, 0.2) is 0 Å². The van der Waals surface area contributed by atoms with Crippen molar-refractivity contribution in [3.05, 3.63) is 29.3 Å². The molecule has 1 amide bonds. The summed E-state index contributed by atoms with van der Waals surface area (Å²) in [4.78, 5) is 16.8. The lowest BCUT2D eigenvalue weighted by Gasteiger charge is -2.37. The Bertz CT molecular complexity index is 587. The van der Waals surface area contributed by atoms with Gasteiger partial charge in [-0.05, 0) is 56.8 Å². The van der Waals surface area contributed by atoms with Crippen LogP contribution in [-0.4, -0.2) is 55.5 Å². The first-order valence-electron chi connectivity index (χ1n) is 8.69. The smallest absolute Gasteiger partial charge is 0.229 e. The quantitative estimate of drug-likeness (QED) is 0.856. The van der Waals surface area contributed by atoms with Crippen molar-refractivity contribution in [2.24, 2.45) is 5.41 Å². The van der Waals surface area contributed by atoms with E-state index in [1.165, 1.54) is 11.1 Å². The van der Waals surface area contributed by atoms with E-state index in [-0.39, 0.29) is 5.41 Å². The van der Waals surface area contributed by atoms with Crippen LogP contribution in [-0.2, 0) is 4.79 Å². The maximum Gasteiger partial charge on any atom is 0.229 e. The molecule has 2 fully saturated rings. The molecule has 0 N–H and O–H groups in total. The molecule has 0 bridgehead atoms. The van der Waals surface area contributed by atoms with Crippen LogP contribution in [0.5, 0.6) is 5.75 Å². The number of carbonyl (C=O) groups is 1. The highest BCUT2D eigenvalue weighted by Gasteiger charge is 2.47. The molecule has 126 valence electrons. The standard InChI is InChI=1S/C19H28N2O2/c1-15-6-4-7-17(16(15)2)23-13-12-21-11-9-19(14-21)8-5-10-20(3)18(19)22/h4,6-7H,5,8-14H2,1-3H3/t19-/m1/s1. The van der Waals surface area contributed by atoms with Crippen molar-refractivity contribution >= 4 is 5.91 Å². The van der Waals surface area contributed by atoms with Crippen LogP contribution in [0, 0.1) is 19.3 Å². The number of aryl methyl sites for hydroxylation is 1. The van der Waals surface area contributed by atoms with Gasteiger partial charge in [0, 0.05) is 26.7 Å². The van der Waals surface area contributed by atoms with E-state index in [0.717, 1.165) is 51.2 Å². The number of piperidine rings is 1. The lowest BCUT2D eigenvalue weighted by Crippen LogP contribution is -2.48. The molecule has 0 unspecified atom stereocenters. The maximum absolute atomic E-state index is 12.5. The molecular formula is C19H28N2O2. The highest BCUT2D eigenvalue weighted by Crippen LogP contribution is 2.39. The maximum atomic E-state index is 12.5. The summed E-state index contributed by atoms with van der Waals surface area (Å²) < 4.78 is 5.97. The number of hydrogen-bond acceptors (Lipinski definition) is 3. The Balaban J connectivity index is 1.53. The van der Waals surface area contributed by atoms with Gasteiger partial charge in [-0.3, -0.25) is 9.69 Å². The van der Waals surface area contributed by atoms with E-state index in [1.807, 2.05) is 24.1 Å².